The molecular formula is C25H32N4O3S. The van der Waals surface area contributed by atoms with E-state index < -0.39 is 0 Å². The van der Waals surface area contributed by atoms with Crippen LogP contribution in [0.3, 0.4) is 0 Å². The Morgan fingerprint density at radius 2 is 1.70 bits per heavy atom. The molecular weight excluding hydrogens is 436 g/mol. The second-order valence-electron chi connectivity index (χ2n) is 8.59. The number of rotatable bonds is 5. The van der Waals surface area contributed by atoms with Gasteiger partial charge in [-0.25, -0.2) is 0 Å². The highest BCUT2D eigenvalue weighted by molar-refractivity contribution is 7.80. The van der Waals surface area contributed by atoms with E-state index in [4.69, 9.17) is 17.0 Å². The number of anilines is 1. The summed E-state index contributed by atoms with van der Waals surface area (Å²) in [5, 5.41) is 3.37. The zero-order valence-electron chi connectivity index (χ0n) is 19.6. The van der Waals surface area contributed by atoms with Gasteiger partial charge in [0.1, 0.15) is 5.75 Å². The van der Waals surface area contributed by atoms with Gasteiger partial charge in [0.15, 0.2) is 11.7 Å². The Morgan fingerprint density at radius 1 is 1.03 bits per heavy atom. The van der Waals surface area contributed by atoms with Crippen molar-refractivity contribution >= 4 is 34.8 Å². The summed E-state index contributed by atoms with van der Waals surface area (Å²) in [5.41, 5.74) is 8.78. The van der Waals surface area contributed by atoms with Gasteiger partial charge in [-0.2, -0.15) is 0 Å². The molecule has 0 radical (unpaired) electrons. The lowest BCUT2D eigenvalue weighted by molar-refractivity contribution is -0.139. The van der Waals surface area contributed by atoms with Crippen LogP contribution in [0.15, 0.2) is 42.5 Å². The van der Waals surface area contributed by atoms with Crippen LogP contribution in [0.25, 0.3) is 0 Å². The number of nitrogens with one attached hydrogen (secondary N) is 3. The van der Waals surface area contributed by atoms with Crippen LogP contribution in [0.4, 0.5) is 5.69 Å². The lowest BCUT2D eigenvalue weighted by Gasteiger charge is -2.38. The first-order valence-electron chi connectivity index (χ1n) is 11.2. The Morgan fingerprint density at radius 3 is 2.36 bits per heavy atom. The van der Waals surface area contributed by atoms with Gasteiger partial charge in [0.25, 0.3) is 11.8 Å². The number of aryl methyl sites for hydroxylation is 2. The van der Waals surface area contributed by atoms with E-state index in [0.717, 1.165) is 36.1 Å². The van der Waals surface area contributed by atoms with Crippen LogP contribution in [-0.4, -0.2) is 40.5 Å². The quantitative estimate of drug-likeness (QED) is 0.453. The Balaban J connectivity index is 1.47. The number of amides is 2. The molecule has 2 aromatic rings. The van der Waals surface area contributed by atoms with Crippen molar-refractivity contribution in [3.8, 4) is 5.75 Å². The predicted molar refractivity (Wildman–Crippen MR) is 134 cm³/mol. The van der Waals surface area contributed by atoms with Crippen molar-refractivity contribution in [3.05, 3.63) is 59.2 Å². The molecule has 1 aliphatic heterocycles. The van der Waals surface area contributed by atoms with Gasteiger partial charge in [0.05, 0.1) is 0 Å². The molecule has 1 fully saturated rings. The monoisotopic (exact) mass is 468 g/mol. The molecule has 1 saturated heterocycles. The van der Waals surface area contributed by atoms with E-state index in [1.165, 1.54) is 0 Å². The Bertz CT molecular complexity index is 999. The van der Waals surface area contributed by atoms with Crippen molar-refractivity contribution < 1.29 is 14.3 Å². The number of piperidine rings is 1. The minimum Gasteiger partial charge on any atom is -0.484 e. The topological polar surface area (TPSA) is 82.7 Å². The van der Waals surface area contributed by atoms with Crippen LogP contribution in [0.5, 0.6) is 5.75 Å². The van der Waals surface area contributed by atoms with Gasteiger partial charge in [0, 0.05) is 23.3 Å². The van der Waals surface area contributed by atoms with Gasteiger partial charge in [0.2, 0.25) is 0 Å². The van der Waals surface area contributed by atoms with Crippen molar-refractivity contribution in [3.63, 3.8) is 0 Å². The largest absolute Gasteiger partial charge is 0.484 e. The third kappa shape index (κ3) is 6.68. The first-order chi connectivity index (χ1) is 15.7. The molecule has 0 aromatic heterocycles. The number of ether oxygens (including phenoxy) is 1. The van der Waals surface area contributed by atoms with Crippen LogP contribution >= 0.6 is 12.2 Å². The van der Waals surface area contributed by atoms with Gasteiger partial charge in [-0.15, -0.1) is 0 Å². The summed E-state index contributed by atoms with van der Waals surface area (Å²) in [5.74, 6) is 0.196. The number of benzene rings is 2. The maximum atomic E-state index is 12.6. The van der Waals surface area contributed by atoms with Gasteiger partial charge in [-0.3, -0.25) is 20.4 Å². The molecule has 0 aliphatic carbocycles. The molecule has 0 bridgehead atoms. The predicted octanol–water partition coefficient (Wildman–Crippen LogP) is 4.10. The molecule has 0 spiro atoms. The van der Waals surface area contributed by atoms with E-state index in [-0.39, 0.29) is 35.6 Å². The van der Waals surface area contributed by atoms with E-state index in [9.17, 15) is 9.59 Å². The minimum absolute atomic E-state index is 0.00872. The van der Waals surface area contributed by atoms with Crippen LogP contribution < -0.4 is 20.9 Å². The van der Waals surface area contributed by atoms with E-state index in [2.05, 4.69) is 30.0 Å². The smallest absolute Gasteiger partial charge is 0.269 e. The number of hydrogen-bond acceptors (Lipinski definition) is 4. The number of carbonyl (C=O) groups is 2. The van der Waals surface area contributed by atoms with Crippen molar-refractivity contribution in [2.75, 3.05) is 11.9 Å². The normalized spacial score (nSPS) is 17.8. The molecule has 1 aliphatic rings. The maximum Gasteiger partial charge on any atom is 0.269 e. The fraction of sp³-hybridized carbons (Fsp3) is 0.400. The Labute approximate surface area is 200 Å². The van der Waals surface area contributed by atoms with E-state index in [0.29, 0.717) is 11.3 Å². The number of hydrogen-bond donors (Lipinski definition) is 3. The van der Waals surface area contributed by atoms with E-state index in [1.54, 1.807) is 24.3 Å². The molecule has 2 unspecified atom stereocenters. The molecule has 3 rings (SSSR count). The van der Waals surface area contributed by atoms with Gasteiger partial charge in [-0.1, -0.05) is 12.1 Å². The molecule has 8 heteroatoms. The fourth-order valence-electron chi connectivity index (χ4n) is 4.04. The fourth-order valence-corrected chi connectivity index (χ4v) is 4.21. The maximum absolute atomic E-state index is 12.6. The number of likely N-dealkylation sites (tertiary alicyclic amines) is 1. The molecule has 176 valence electrons. The average molecular weight is 469 g/mol. The summed E-state index contributed by atoms with van der Waals surface area (Å²) in [7, 11) is 0. The number of carbonyl (C=O) groups excluding carboxylic acids is 2. The first-order valence-corrected chi connectivity index (χ1v) is 11.6. The van der Waals surface area contributed by atoms with Gasteiger partial charge >= 0.3 is 0 Å². The highest BCUT2D eigenvalue weighted by Gasteiger charge is 2.28. The van der Waals surface area contributed by atoms with Crippen molar-refractivity contribution in [2.24, 2.45) is 0 Å². The summed E-state index contributed by atoms with van der Waals surface area (Å²) >= 11 is 5.26. The molecule has 0 saturated carbocycles. The highest BCUT2D eigenvalue weighted by atomic mass is 32.1. The summed E-state index contributed by atoms with van der Waals surface area (Å²) < 4.78 is 5.67. The van der Waals surface area contributed by atoms with Crippen molar-refractivity contribution in [2.45, 2.75) is 59.0 Å². The summed E-state index contributed by atoms with van der Waals surface area (Å²) in [6.07, 6.45) is 3.20. The van der Waals surface area contributed by atoms with Crippen LogP contribution in [0.2, 0.25) is 0 Å². The lowest BCUT2D eigenvalue weighted by Crippen LogP contribution is -2.49. The van der Waals surface area contributed by atoms with Gasteiger partial charge in [-0.05, 0) is 101 Å². The molecule has 2 aromatic carbocycles. The van der Waals surface area contributed by atoms with Crippen LogP contribution in [0, 0.1) is 13.8 Å². The standard InChI is InChI=1S/C25H32N4O3S/c1-16-8-9-17(2)22(14-16)26-25(33)28-27-24(31)20-10-12-21(13-11-20)32-15-23(30)29-18(3)6-5-7-19(29)4/h8-14,18-19H,5-7,15H2,1-4H3,(H,27,31)(H2,26,28,33). The zero-order chi connectivity index (χ0) is 24.0. The molecule has 2 atom stereocenters. The Hall–Kier alpha value is -3.13. The molecule has 3 N–H and O–H groups in total. The SMILES string of the molecule is Cc1ccc(C)c(NC(=S)NNC(=O)c2ccc(OCC(=O)N3C(C)CCCC3C)cc2)c1. The molecule has 33 heavy (non-hydrogen) atoms. The lowest BCUT2D eigenvalue weighted by atomic mass is 9.97. The molecule has 1 heterocycles. The number of hydrazine groups is 1. The number of thiocarbonyl (C=S) groups is 1. The van der Waals surface area contributed by atoms with E-state index in [1.807, 2.05) is 36.9 Å². The Kier molecular flexibility index (Phi) is 8.27. The van der Waals surface area contributed by atoms with E-state index >= 15 is 0 Å². The highest BCUT2D eigenvalue weighted by Crippen LogP contribution is 2.23. The van der Waals surface area contributed by atoms with Crippen molar-refractivity contribution in [1.29, 1.82) is 0 Å². The summed E-state index contributed by atoms with van der Waals surface area (Å²) in [6.45, 7) is 8.13. The molecule has 7 nitrogen and oxygen atoms in total. The zero-order valence-corrected chi connectivity index (χ0v) is 20.4. The summed E-state index contributed by atoms with van der Waals surface area (Å²) in [6, 6.07) is 13.1. The van der Waals surface area contributed by atoms with Crippen LogP contribution in [-0.2, 0) is 4.79 Å². The number of nitrogens with zero attached hydrogens (tertiary/aromatic N) is 1. The second-order valence-corrected chi connectivity index (χ2v) is 9.00. The van der Waals surface area contributed by atoms with Crippen molar-refractivity contribution in [1.82, 2.24) is 15.8 Å². The first kappa shape index (κ1) is 24.5. The average Bonchev–Trinajstić information content (AvgIpc) is 2.78. The van der Waals surface area contributed by atoms with Gasteiger partial charge < -0.3 is 15.0 Å². The second kappa shape index (κ2) is 11.1. The third-order valence-corrected chi connectivity index (χ3v) is 6.10. The third-order valence-electron chi connectivity index (χ3n) is 5.89. The molecule has 2 amide bonds. The minimum atomic E-state index is -0.335. The van der Waals surface area contributed by atoms with Crippen LogP contribution in [0.1, 0.15) is 54.6 Å². The summed E-state index contributed by atoms with van der Waals surface area (Å²) in [4.78, 5) is 26.9.